The van der Waals surface area contributed by atoms with Gasteiger partial charge >= 0.3 is 0 Å². The zero-order valence-electron chi connectivity index (χ0n) is 15.2. The SMILES string of the molecule is CCS(=O)(=O)CC1CCCC[C@@H]1COC1=CC=C(N2C=NCC2)CC1. The van der Waals surface area contributed by atoms with Crippen molar-refractivity contribution in [1.82, 2.24) is 4.90 Å². The molecule has 1 heterocycles. The van der Waals surface area contributed by atoms with E-state index in [1.165, 1.54) is 12.1 Å². The smallest absolute Gasteiger partial charge is 0.150 e. The molecule has 0 bridgehead atoms. The van der Waals surface area contributed by atoms with Crippen molar-refractivity contribution >= 4 is 16.2 Å². The van der Waals surface area contributed by atoms with Crippen molar-refractivity contribution < 1.29 is 13.2 Å². The maximum atomic E-state index is 12.0. The fourth-order valence-electron chi connectivity index (χ4n) is 3.95. The van der Waals surface area contributed by atoms with Gasteiger partial charge in [-0.15, -0.1) is 0 Å². The third kappa shape index (κ3) is 5.09. The van der Waals surface area contributed by atoms with E-state index in [-0.39, 0.29) is 11.7 Å². The first-order chi connectivity index (χ1) is 12.1. The van der Waals surface area contributed by atoms with Crippen molar-refractivity contribution in [1.29, 1.82) is 0 Å². The van der Waals surface area contributed by atoms with Gasteiger partial charge in [-0.1, -0.05) is 19.8 Å². The summed E-state index contributed by atoms with van der Waals surface area (Å²) in [5.41, 5.74) is 1.30. The van der Waals surface area contributed by atoms with Gasteiger partial charge in [0.2, 0.25) is 0 Å². The van der Waals surface area contributed by atoms with E-state index in [4.69, 9.17) is 4.74 Å². The molecule has 25 heavy (non-hydrogen) atoms. The third-order valence-electron chi connectivity index (χ3n) is 5.61. The highest BCUT2D eigenvalue weighted by atomic mass is 32.2. The molecule has 1 saturated carbocycles. The number of rotatable bonds is 7. The summed E-state index contributed by atoms with van der Waals surface area (Å²) in [4.78, 5) is 6.47. The Morgan fingerprint density at radius 3 is 2.64 bits per heavy atom. The van der Waals surface area contributed by atoms with Gasteiger partial charge in [-0.25, -0.2) is 8.42 Å². The minimum Gasteiger partial charge on any atom is -0.498 e. The molecule has 3 rings (SSSR count). The maximum Gasteiger partial charge on any atom is 0.150 e. The number of nitrogens with zero attached hydrogens (tertiary/aromatic N) is 2. The lowest BCUT2D eigenvalue weighted by molar-refractivity contribution is 0.105. The molecule has 0 saturated heterocycles. The Hall–Kier alpha value is -1.30. The molecule has 0 aromatic heterocycles. The minimum absolute atomic E-state index is 0.246. The van der Waals surface area contributed by atoms with Gasteiger partial charge in [0.25, 0.3) is 0 Å². The Morgan fingerprint density at radius 2 is 2.00 bits per heavy atom. The standard InChI is InChI=1S/C19H30N2O3S/c1-2-25(22,23)14-17-6-4-3-5-16(17)13-24-19-9-7-18(8-10-19)21-12-11-20-15-21/h7,9,15-17H,2-6,8,10-14H2,1H3/t16-,17?/m1/s1. The molecular weight excluding hydrogens is 336 g/mol. The van der Waals surface area contributed by atoms with Crippen LogP contribution in [0.15, 0.2) is 28.6 Å². The zero-order valence-corrected chi connectivity index (χ0v) is 16.0. The Kier molecular flexibility index (Phi) is 6.20. The molecule has 2 aliphatic carbocycles. The molecule has 5 nitrogen and oxygen atoms in total. The van der Waals surface area contributed by atoms with Crippen LogP contribution in [0.3, 0.4) is 0 Å². The third-order valence-corrected chi connectivity index (χ3v) is 7.42. The second-order valence-electron chi connectivity index (χ2n) is 7.32. The largest absolute Gasteiger partial charge is 0.498 e. The summed E-state index contributed by atoms with van der Waals surface area (Å²) < 4.78 is 30.1. The van der Waals surface area contributed by atoms with Crippen LogP contribution < -0.4 is 0 Å². The van der Waals surface area contributed by atoms with Crippen LogP contribution in [-0.2, 0) is 14.6 Å². The monoisotopic (exact) mass is 366 g/mol. The molecule has 2 atom stereocenters. The van der Waals surface area contributed by atoms with E-state index in [0.717, 1.165) is 51.0 Å². The van der Waals surface area contributed by atoms with Crippen molar-refractivity contribution in [3.63, 3.8) is 0 Å². The minimum atomic E-state index is -2.91. The zero-order chi connectivity index (χ0) is 17.7. The Morgan fingerprint density at radius 1 is 1.20 bits per heavy atom. The molecular formula is C19H30N2O3S. The molecule has 6 heteroatoms. The van der Waals surface area contributed by atoms with Crippen LogP contribution in [0.4, 0.5) is 0 Å². The molecule has 1 aliphatic heterocycles. The molecule has 0 aromatic rings. The van der Waals surface area contributed by atoms with Gasteiger partial charge in [0.05, 0.1) is 31.0 Å². The van der Waals surface area contributed by atoms with E-state index in [2.05, 4.69) is 22.0 Å². The average molecular weight is 367 g/mol. The lowest BCUT2D eigenvalue weighted by atomic mass is 9.81. The number of hydrogen-bond acceptors (Lipinski definition) is 5. The fourth-order valence-corrected chi connectivity index (χ4v) is 5.27. The van der Waals surface area contributed by atoms with Crippen LogP contribution in [0.5, 0.6) is 0 Å². The van der Waals surface area contributed by atoms with Crippen molar-refractivity contribution in [3.8, 4) is 0 Å². The summed E-state index contributed by atoms with van der Waals surface area (Å²) in [5.74, 6) is 2.23. The van der Waals surface area contributed by atoms with Crippen LogP contribution in [0, 0.1) is 11.8 Å². The highest BCUT2D eigenvalue weighted by Crippen LogP contribution is 2.33. The first-order valence-corrected chi connectivity index (χ1v) is 11.4. The Labute approximate surface area is 151 Å². The van der Waals surface area contributed by atoms with E-state index in [9.17, 15) is 8.42 Å². The van der Waals surface area contributed by atoms with Crippen LogP contribution >= 0.6 is 0 Å². The van der Waals surface area contributed by atoms with E-state index in [1.807, 2.05) is 6.34 Å². The van der Waals surface area contributed by atoms with Crippen LogP contribution in [0.2, 0.25) is 0 Å². The quantitative estimate of drug-likeness (QED) is 0.694. The van der Waals surface area contributed by atoms with E-state index >= 15 is 0 Å². The van der Waals surface area contributed by atoms with E-state index in [1.54, 1.807) is 6.92 Å². The summed E-state index contributed by atoms with van der Waals surface area (Å²) in [6.07, 6.45) is 12.5. The second kappa shape index (κ2) is 8.39. The van der Waals surface area contributed by atoms with Crippen molar-refractivity contribution in [3.05, 3.63) is 23.6 Å². The molecule has 1 unspecified atom stereocenters. The number of aliphatic imine (C=N–C) groups is 1. The summed E-state index contributed by atoms with van der Waals surface area (Å²) in [7, 11) is -2.91. The normalized spacial score (nSPS) is 27.2. The summed E-state index contributed by atoms with van der Waals surface area (Å²) >= 11 is 0. The molecule has 3 aliphatic rings. The number of ether oxygens (including phenoxy) is 1. The van der Waals surface area contributed by atoms with Gasteiger partial charge in [-0.3, -0.25) is 4.99 Å². The predicted molar refractivity (Wildman–Crippen MR) is 101 cm³/mol. The molecule has 1 fully saturated rings. The van der Waals surface area contributed by atoms with Crippen LogP contribution in [0.25, 0.3) is 0 Å². The average Bonchev–Trinajstić information content (AvgIpc) is 3.16. The lowest BCUT2D eigenvalue weighted by Gasteiger charge is -2.32. The van der Waals surface area contributed by atoms with E-state index < -0.39 is 9.84 Å². The molecule has 0 radical (unpaired) electrons. The number of sulfone groups is 1. The van der Waals surface area contributed by atoms with Gasteiger partial charge in [0.1, 0.15) is 9.84 Å². The topological polar surface area (TPSA) is 59.0 Å². The predicted octanol–water partition coefficient (Wildman–Crippen LogP) is 3.15. The Balaban J connectivity index is 1.53. The summed E-state index contributed by atoms with van der Waals surface area (Å²) in [6.45, 7) is 4.26. The van der Waals surface area contributed by atoms with Gasteiger partial charge < -0.3 is 9.64 Å². The first-order valence-electron chi connectivity index (χ1n) is 9.57. The van der Waals surface area contributed by atoms with Crippen molar-refractivity contribution in [2.24, 2.45) is 16.8 Å². The van der Waals surface area contributed by atoms with Crippen LogP contribution in [-0.4, -0.2) is 50.9 Å². The fraction of sp³-hybridized carbons (Fsp3) is 0.737. The highest BCUT2D eigenvalue weighted by molar-refractivity contribution is 7.91. The van der Waals surface area contributed by atoms with Gasteiger partial charge in [0.15, 0.2) is 0 Å². The highest BCUT2D eigenvalue weighted by Gasteiger charge is 2.29. The number of hydrogen-bond donors (Lipinski definition) is 0. The van der Waals surface area contributed by atoms with Crippen molar-refractivity contribution in [2.45, 2.75) is 45.4 Å². The van der Waals surface area contributed by atoms with Crippen molar-refractivity contribution in [2.75, 3.05) is 31.2 Å². The summed E-state index contributed by atoms with van der Waals surface area (Å²) in [5, 5.41) is 0. The Bertz CT molecular complexity index is 652. The maximum absolute atomic E-state index is 12.0. The number of allylic oxidation sites excluding steroid dienone is 4. The molecule has 0 N–H and O–H groups in total. The molecule has 140 valence electrons. The van der Waals surface area contributed by atoms with E-state index in [0.29, 0.717) is 18.3 Å². The van der Waals surface area contributed by atoms with Gasteiger partial charge in [-0.2, -0.15) is 0 Å². The van der Waals surface area contributed by atoms with Gasteiger partial charge in [0, 0.05) is 24.4 Å². The van der Waals surface area contributed by atoms with Gasteiger partial charge in [-0.05, 0) is 43.3 Å². The molecule has 0 spiro atoms. The second-order valence-corrected chi connectivity index (χ2v) is 9.72. The lowest BCUT2D eigenvalue weighted by Crippen LogP contribution is -2.30. The molecule has 0 aromatic carbocycles. The first kappa shape index (κ1) is 18.5. The molecule has 0 amide bonds. The summed E-state index contributed by atoms with van der Waals surface area (Å²) in [6, 6.07) is 0. The van der Waals surface area contributed by atoms with Crippen LogP contribution in [0.1, 0.15) is 45.4 Å².